The second-order valence-electron chi connectivity index (χ2n) is 4.09. The third kappa shape index (κ3) is 4.07. The van der Waals surface area contributed by atoms with Gasteiger partial charge in [0, 0.05) is 18.9 Å². The van der Waals surface area contributed by atoms with Gasteiger partial charge in [-0.15, -0.1) is 0 Å². The van der Waals surface area contributed by atoms with E-state index >= 15 is 0 Å². The molecule has 0 bridgehead atoms. The van der Waals surface area contributed by atoms with Crippen LogP contribution in [0.2, 0.25) is 0 Å². The number of anilines is 1. The first kappa shape index (κ1) is 14.6. The fourth-order valence-corrected chi connectivity index (χ4v) is 1.70. The summed E-state index contributed by atoms with van der Waals surface area (Å²) in [7, 11) is 3.14. The molecule has 0 saturated heterocycles. The smallest absolute Gasteiger partial charge is 0.320 e. The molecule has 2 N–H and O–H groups in total. The molecule has 0 aliphatic carbocycles. The number of rotatable bonds is 5. The van der Waals surface area contributed by atoms with Gasteiger partial charge in [0.25, 0.3) is 0 Å². The number of aromatic nitrogens is 2. The molecule has 2 rings (SSSR count). The van der Waals surface area contributed by atoms with E-state index < -0.39 is 0 Å². The Kier molecular flexibility index (Phi) is 4.92. The van der Waals surface area contributed by atoms with Crippen molar-refractivity contribution in [2.24, 2.45) is 0 Å². The molecule has 2 aromatic rings. The molecule has 110 valence electrons. The SMILES string of the molecule is COc1ccc(CNC(=O)Nc2cnccn2)cc1OC. The Morgan fingerprint density at radius 1 is 1.19 bits per heavy atom. The molecule has 0 radical (unpaired) electrons. The minimum Gasteiger partial charge on any atom is -0.493 e. The molecule has 21 heavy (non-hydrogen) atoms. The lowest BCUT2D eigenvalue weighted by atomic mass is 10.2. The van der Waals surface area contributed by atoms with E-state index in [1.54, 1.807) is 26.4 Å². The molecule has 0 atom stereocenters. The Balaban J connectivity index is 1.92. The van der Waals surface area contributed by atoms with E-state index in [1.807, 2.05) is 6.07 Å². The molecule has 1 aromatic carbocycles. The van der Waals surface area contributed by atoms with Crippen LogP contribution in [0.5, 0.6) is 11.5 Å². The number of nitrogens with one attached hydrogen (secondary N) is 2. The quantitative estimate of drug-likeness (QED) is 0.876. The van der Waals surface area contributed by atoms with Crippen LogP contribution in [0.1, 0.15) is 5.56 Å². The summed E-state index contributed by atoms with van der Waals surface area (Å²) in [6.45, 7) is 0.354. The van der Waals surface area contributed by atoms with Crippen LogP contribution in [0.15, 0.2) is 36.8 Å². The third-order valence-electron chi connectivity index (χ3n) is 2.71. The summed E-state index contributed by atoms with van der Waals surface area (Å²) >= 11 is 0. The zero-order valence-corrected chi connectivity index (χ0v) is 11.8. The van der Waals surface area contributed by atoms with E-state index in [4.69, 9.17) is 9.47 Å². The van der Waals surface area contributed by atoms with Crippen molar-refractivity contribution in [3.63, 3.8) is 0 Å². The Bertz CT molecular complexity index is 604. The zero-order valence-electron chi connectivity index (χ0n) is 11.8. The van der Waals surface area contributed by atoms with Gasteiger partial charge in [-0.25, -0.2) is 9.78 Å². The normalized spacial score (nSPS) is 9.81. The van der Waals surface area contributed by atoms with Crippen LogP contribution < -0.4 is 20.1 Å². The maximum atomic E-state index is 11.7. The number of hydrogen-bond acceptors (Lipinski definition) is 5. The standard InChI is InChI=1S/C14H16N4O3/c1-20-11-4-3-10(7-12(11)21-2)8-17-14(19)18-13-9-15-5-6-16-13/h3-7,9H,8H2,1-2H3,(H2,16,17,18,19). The number of carbonyl (C=O) groups is 1. The highest BCUT2D eigenvalue weighted by Gasteiger charge is 2.06. The van der Waals surface area contributed by atoms with Crippen molar-refractivity contribution >= 4 is 11.8 Å². The summed E-state index contributed by atoms with van der Waals surface area (Å²) in [4.78, 5) is 19.5. The minimum absolute atomic E-state index is 0.354. The number of nitrogens with zero attached hydrogens (tertiary/aromatic N) is 2. The van der Waals surface area contributed by atoms with Crippen molar-refractivity contribution in [1.29, 1.82) is 0 Å². The Morgan fingerprint density at radius 3 is 2.67 bits per heavy atom. The molecule has 0 spiro atoms. The van der Waals surface area contributed by atoms with Crippen molar-refractivity contribution in [1.82, 2.24) is 15.3 Å². The van der Waals surface area contributed by atoms with Crippen molar-refractivity contribution in [3.8, 4) is 11.5 Å². The largest absolute Gasteiger partial charge is 0.493 e. The van der Waals surface area contributed by atoms with Gasteiger partial charge in [-0.3, -0.25) is 10.3 Å². The maximum absolute atomic E-state index is 11.7. The summed E-state index contributed by atoms with van der Waals surface area (Å²) in [5.41, 5.74) is 0.891. The number of carbonyl (C=O) groups excluding carboxylic acids is 1. The molecule has 0 unspecified atom stereocenters. The van der Waals surface area contributed by atoms with Crippen LogP contribution in [0.25, 0.3) is 0 Å². The first-order valence-electron chi connectivity index (χ1n) is 6.24. The van der Waals surface area contributed by atoms with Crippen LogP contribution in [0, 0.1) is 0 Å². The zero-order chi connectivity index (χ0) is 15.1. The van der Waals surface area contributed by atoms with E-state index in [9.17, 15) is 4.79 Å². The van der Waals surface area contributed by atoms with Gasteiger partial charge >= 0.3 is 6.03 Å². The van der Waals surface area contributed by atoms with Gasteiger partial charge in [0.2, 0.25) is 0 Å². The monoisotopic (exact) mass is 288 g/mol. The van der Waals surface area contributed by atoms with Gasteiger partial charge in [0.1, 0.15) is 0 Å². The highest BCUT2D eigenvalue weighted by atomic mass is 16.5. The third-order valence-corrected chi connectivity index (χ3v) is 2.71. The van der Waals surface area contributed by atoms with Gasteiger partial charge in [-0.2, -0.15) is 0 Å². The van der Waals surface area contributed by atoms with Crippen molar-refractivity contribution in [2.45, 2.75) is 6.54 Å². The molecular formula is C14H16N4O3. The van der Waals surface area contributed by atoms with Gasteiger partial charge in [0.05, 0.1) is 20.4 Å². The summed E-state index contributed by atoms with van der Waals surface area (Å²) in [5, 5.41) is 5.31. The predicted molar refractivity (Wildman–Crippen MR) is 77.4 cm³/mol. The Morgan fingerprint density at radius 2 is 2.00 bits per heavy atom. The maximum Gasteiger partial charge on any atom is 0.320 e. The average molecular weight is 288 g/mol. The number of amides is 2. The van der Waals surface area contributed by atoms with Crippen LogP contribution in [-0.2, 0) is 6.54 Å². The summed E-state index contributed by atoms with van der Waals surface area (Å²) in [5.74, 6) is 1.65. The lowest BCUT2D eigenvalue weighted by Crippen LogP contribution is -2.28. The molecule has 1 aromatic heterocycles. The van der Waals surface area contributed by atoms with Gasteiger partial charge in [-0.05, 0) is 17.7 Å². The molecule has 0 saturated carbocycles. The van der Waals surface area contributed by atoms with E-state index in [2.05, 4.69) is 20.6 Å². The second-order valence-corrected chi connectivity index (χ2v) is 4.09. The van der Waals surface area contributed by atoms with Gasteiger partial charge < -0.3 is 14.8 Å². The van der Waals surface area contributed by atoms with E-state index in [0.717, 1.165) is 5.56 Å². The highest BCUT2D eigenvalue weighted by molar-refractivity contribution is 5.87. The van der Waals surface area contributed by atoms with Crippen LogP contribution in [0.3, 0.4) is 0 Å². The first-order valence-corrected chi connectivity index (χ1v) is 6.24. The molecule has 0 fully saturated rings. The first-order chi connectivity index (χ1) is 10.2. The van der Waals surface area contributed by atoms with Crippen molar-refractivity contribution in [2.75, 3.05) is 19.5 Å². The number of hydrogen-bond donors (Lipinski definition) is 2. The molecule has 2 amide bonds. The molecular weight excluding hydrogens is 272 g/mol. The lowest BCUT2D eigenvalue weighted by Gasteiger charge is -2.10. The van der Waals surface area contributed by atoms with E-state index in [-0.39, 0.29) is 6.03 Å². The fraction of sp³-hybridized carbons (Fsp3) is 0.214. The molecule has 0 aliphatic heterocycles. The molecule has 1 heterocycles. The van der Waals surface area contributed by atoms with Crippen molar-refractivity contribution in [3.05, 3.63) is 42.4 Å². The Hall–Kier alpha value is -2.83. The van der Waals surface area contributed by atoms with Crippen LogP contribution >= 0.6 is 0 Å². The number of ether oxygens (including phenoxy) is 2. The molecule has 0 aliphatic rings. The predicted octanol–water partition coefficient (Wildman–Crippen LogP) is 1.82. The summed E-state index contributed by atoms with van der Waals surface area (Å²) in [6.07, 6.45) is 4.51. The van der Waals surface area contributed by atoms with Crippen molar-refractivity contribution < 1.29 is 14.3 Å². The van der Waals surface area contributed by atoms with Crippen LogP contribution in [-0.4, -0.2) is 30.2 Å². The molecule has 7 heteroatoms. The highest BCUT2D eigenvalue weighted by Crippen LogP contribution is 2.27. The lowest BCUT2D eigenvalue weighted by molar-refractivity contribution is 0.251. The molecule has 7 nitrogen and oxygen atoms in total. The topological polar surface area (TPSA) is 85.4 Å². The summed E-state index contributed by atoms with van der Waals surface area (Å²) < 4.78 is 10.4. The van der Waals surface area contributed by atoms with Crippen LogP contribution in [0.4, 0.5) is 10.6 Å². The number of benzene rings is 1. The van der Waals surface area contributed by atoms with E-state index in [1.165, 1.54) is 18.6 Å². The van der Waals surface area contributed by atoms with Gasteiger partial charge in [-0.1, -0.05) is 6.07 Å². The average Bonchev–Trinajstić information content (AvgIpc) is 2.53. The van der Waals surface area contributed by atoms with E-state index in [0.29, 0.717) is 23.9 Å². The Labute approximate surface area is 122 Å². The number of methoxy groups -OCH3 is 2. The van der Waals surface area contributed by atoms with Gasteiger partial charge in [0.15, 0.2) is 17.3 Å². The second kappa shape index (κ2) is 7.09. The minimum atomic E-state index is -0.356. The fourth-order valence-electron chi connectivity index (χ4n) is 1.70. The number of urea groups is 1. The summed E-state index contributed by atoms with van der Waals surface area (Å²) in [6, 6.07) is 5.09.